The molecule has 1 aliphatic rings. The van der Waals surface area contributed by atoms with Gasteiger partial charge >= 0.3 is 0 Å². The summed E-state index contributed by atoms with van der Waals surface area (Å²) >= 11 is 0. The Morgan fingerprint density at radius 2 is 0.812 bits per heavy atom. The van der Waals surface area contributed by atoms with Crippen molar-refractivity contribution in [2.75, 3.05) is 0 Å². The number of unbranched alkanes of at least 4 members (excludes halogenated alkanes) is 18. The van der Waals surface area contributed by atoms with Gasteiger partial charge in [-0.2, -0.15) is 0 Å². The van der Waals surface area contributed by atoms with Crippen molar-refractivity contribution >= 4 is 0 Å². The first-order chi connectivity index (χ1) is 15.8. The molecule has 1 rings (SSSR count). The van der Waals surface area contributed by atoms with Crippen LogP contribution < -0.4 is 5.32 Å². The number of allylic oxidation sites excluding steroid dienone is 3. The summed E-state index contributed by atoms with van der Waals surface area (Å²) in [6, 6.07) is 0. The first-order valence-electron chi connectivity index (χ1n) is 15.0. The molecule has 0 aromatic rings. The lowest BCUT2D eigenvalue weighted by molar-refractivity contribution is 0.577. The third kappa shape index (κ3) is 15.2. The molecule has 0 saturated heterocycles. The number of rotatable bonds is 24. The second-order valence-corrected chi connectivity index (χ2v) is 10.3. The predicted molar refractivity (Wildman–Crippen MR) is 145 cm³/mol. The standard InChI is InChI=1S/C31H58N/c1-4-7-10-13-16-19-22-25-29-28-32-31(27-24-21-18-15-12-9-6-3)30(29)26-23-20-17-14-11-8-5-2/h28H,4-27H2,1-3H3. The average molecular weight is 445 g/mol. The summed E-state index contributed by atoms with van der Waals surface area (Å²) in [4.78, 5) is 0. The van der Waals surface area contributed by atoms with E-state index in [1.54, 1.807) is 11.1 Å². The summed E-state index contributed by atoms with van der Waals surface area (Å²) in [7, 11) is 0. The quantitative estimate of drug-likeness (QED) is 0.131. The zero-order valence-electron chi connectivity index (χ0n) is 22.5. The van der Waals surface area contributed by atoms with Gasteiger partial charge in [0, 0.05) is 11.9 Å². The van der Waals surface area contributed by atoms with Crippen molar-refractivity contribution in [3.05, 3.63) is 23.0 Å². The Hall–Kier alpha value is -0.720. The van der Waals surface area contributed by atoms with E-state index < -0.39 is 0 Å². The third-order valence-corrected chi connectivity index (χ3v) is 7.21. The Kier molecular flexibility index (Phi) is 20.2. The molecular weight excluding hydrogens is 386 g/mol. The highest BCUT2D eigenvalue weighted by Crippen LogP contribution is 2.32. The average Bonchev–Trinajstić information content (AvgIpc) is 3.18. The Bertz CT molecular complexity index is 473. The highest BCUT2D eigenvalue weighted by atomic mass is 14.9. The summed E-state index contributed by atoms with van der Waals surface area (Å²) in [5, 5.41) is 4.94. The number of hydrogen-bond donors (Lipinski definition) is 0. The SMILES string of the molecule is CCCCCCCCCC1=C[N]C(CCCCCCCCC)=C1CCCCCCCCC. The second-order valence-electron chi connectivity index (χ2n) is 10.3. The van der Waals surface area contributed by atoms with Gasteiger partial charge in [-0.15, -0.1) is 0 Å². The molecule has 1 nitrogen and oxygen atoms in total. The fourth-order valence-electron chi connectivity index (χ4n) is 5.01. The smallest absolute Gasteiger partial charge is 0.0438 e. The summed E-state index contributed by atoms with van der Waals surface area (Å²) < 4.78 is 0. The summed E-state index contributed by atoms with van der Waals surface area (Å²) in [5.41, 5.74) is 4.72. The van der Waals surface area contributed by atoms with Crippen LogP contribution in [0.25, 0.3) is 0 Å². The van der Waals surface area contributed by atoms with Crippen LogP contribution in [0.4, 0.5) is 0 Å². The molecule has 0 atom stereocenters. The van der Waals surface area contributed by atoms with E-state index in [0.29, 0.717) is 0 Å². The molecule has 1 aliphatic heterocycles. The van der Waals surface area contributed by atoms with E-state index in [1.165, 1.54) is 160 Å². The maximum atomic E-state index is 4.94. The van der Waals surface area contributed by atoms with Crippen molar-refractivity contribution in [3.8, 4) is 0 Å². The van der Waals surface area contributed by atoms with E-state index >= 15 is 0 Å². The predicted octanol–water partition coefficient (Wildman–Crippen LogP) is 11.2. The van der Waals surface area contributed by atoms with E-state index in [9.17, 15) is 0 Å². The lowest BCUT2D eigenvalue weighted by atomic mass is 9.93. The third-order valence-electron chi connectivity index (χ3n) is 7.21. The molecule has 0 fully saturated rings. The fraction of sp³-hybridized carbons (Fsp3) is 0.871. The molecule has 0 saturated carbocycles. The molecule has 187 valence electrons. The minimum absolute atomic E-state index is 1.22. The zero-order valence-corrected chi connectivity index (χ0v) is 22.5. The topological polar surface area (TPSA) is 14.1 Å². The summed E-state index contributed by atoms with van der Waals surface area (Å²) in [6.07, 6.45) is 35.4. The van der Waals surface area contributed by atoms with E-state index in [-0.39, 0.29) is 0 Å². The van der Waals surface area contributed by atoms with Crippen LogP contribution in [0.2, 0.25) is 0 Å². The van der Waals surface area contributed by atoms with Gasteiger partial charge in [-0.1, -0.05) is 136 Å². The number of nitrogens with zero attached hydrogens (tertiary/aromatic N) is 1. The first-order valence-corrected chi connectivity index (χ1v) is 15.0. The van der Waals surface area contributed by atoms with Gasteiger partial charge < -0.3 is 0 Å². The van der Waals surface area contributed by atoms with Crippen LogP contribution in [-0.2, 0) is 0 Å². The van der Waals surface area contributed by atoms with E-state index in [1.807, 2.05) is 0 Å². The van der Waals surface area contributed by atoms with E-state index in [2.05, 4.69) is 27.0 Å². The van der Waals surface area contributed by atoms with E-state index in [4.69, 9.17) is 5.32 Å². The fourth-order valence-corrected chi connectivity index (χ4v) is 5.01. The zero-order chi connectivity index (χ0) is 23.1. The Morgan fingerprint density at radius 1 is 0.438 bits per heavy atom. The molecule has 0 spiro atoms. The van der Waals surface area contributed by atoms with E-state index in [0.717, 1.165) is 0 Å². The van der Waals surface area contributed by atoms with Gasteiger partial charge in [0.25, 0.3) is 0 Å². The van der Waals surface area contributed by atoms with Crippen LogP contribution >= 0.6 is 0 Å². The molecule has 0 amide bonds. The highest BCUT2D eigenvalue weighted by Gasteiger charge is 2.18. The molecule has 1 heteroatoms. The van der Waals surface area contributed by atoms with Crippen LogP contribution in [0.15, 0.2) is 23.0 Å². The molecule has 1 radical (unpaired) electrons. The largest absolute Gasteiger partial charge is 0.261 e. The van der Waals surface area contributed by atoms with Crippen molar-refractivity contribution in [2.45, 2.75) is 175 Å². The van der Waals surface area contributed by atoms with Crippen molar-refractivity contribution in [3.63, 3.8) is 0 Å². The molecule has 0 aromatic carbocycles. The van der Waals surface area contributed by atoms with Gasteiger partial charge in [0.1, 0.15) is 0 Å². The first kappa shape index (κ1) is 29.3. The molecule has 0 aliphatic carbocycles. The Morgan fingerprint density at radius 3 is 1.28 bits per heavy atom. The van der Waals surface area contributed by atoms with Gasteiger partial charge in [-0.25, -0.2) is 0 Å². The van der Waals surface area contributed by atoms with Gasteiger partial charge in [0.15, 0.2) is 0 Å². The molecule has 0 bridgehead atoms. The van der Waals surface area contributed by atoms with Gasteiger partial charge in [-0.3, -0.25) is 5.32 Å². The van der Waals surface area contributed by atoms with Crippen molar-refractivity contribution in [1.82, 2.24) is 5.32 Å². The molecule has 1 heterocycles. The maximum absolute atomic E-state index is 4.94. The lowest BCUT2D eigenvalue weighted by Gasteiger charge is -2.11. The Balaban J connectivity index is 2.37. The maximum Gasteiger partial charge on any atom is 0.0438 e. The molecule has 32 heavy (non-hydrogen) atoms. The van der Waals surface area contributed by atoms with Crippen LogP contribution in [0.5, 0.6) is 0 Å². The lowest BCUT2D eigenvalue weighted by Crippen LogP contribution is -1.97. The van der Waals surface area contributed by atoms with Crippen molar-refractivity contribution in [1.29, 1.82) is 0 Å². The summed E-state index contributed by atoms with van der Waals surface area (Å²) in [6.45, 7) is 6.92. The van der Waals surface area contributed by atoms with Gasteiger partial charge in [-0.05, 0) is 49.7 Å². The highest BCUT2D eigenvalue weighted by molar-refractivity contribution is 5.40. The van der Waals surface area contributed by atoms with Gasteiger partial charge in [0.2, 0.25) is 0 Å². The second kappa shape index (κ2) is 22.1. The van der Waals surface area contributed by atoms with Crippen LogP contribution in [0.1, 0.15) is 175 Å². The monoisotopic (exact) mass is 444 g/mol. The van der Waals surface area contributed by atoms with Crippen LogP contribution in [-0.4, -0.2) is 0 Å². The minimum Gasteiger partial charge on any atom is -0.261 e. The van der Waals surface area contributed by atoms with Crippen molar-refractivity contribution < 1.29 is 0 Å². The molecule has 0 aromatic heterocycles. The minimum atomic E-state index is 1.22. The van der Waals surface area contributed by atoms with Crippen LogP contribution in [0.3, 0.4) is 0 Å². The Labute approximate surface area is 203 Å². The molecular formula is C31H58N. The van der Waals surface area contributed by atoms with Crippen LogP contribution in [0, 0.1) is 0 Å². The summed E-state index contributed by atoms with van der Waals surface area (Å²) in [5.74, 6) is 0. The molecule has 0 N–H and O–H groups in total. The normalized spacial score (nSPS) is 13.7. The van der Waals surface area contributed by atoms with Gasteiger partial charge in [0.05, 0.1) is 0 Å². The van der Waals surface area contributed by atoms with Crippen molar-refractivity contribution in [2.24, 2.45) is 0 Å². The number of hydrogen-bond acceptors (Lipinski definition) is 0. The molecule has 0 unspecified atom stereocenters.